The summed E-state index contributed by atoms with van der Waals surface area (Å²) in [6.45, 7) is 3.44. The lowest BCUT2D eigenvalue weighted by Gasteiger charge is -2.25. The second-order valence-corrected chi connectivity index (χ2v) is 7.11. The van der Waals surface area contributed by atoms with E-state index in [-0.39, 0.29) is 36.3 Å². The van der Waals surface area contributed by atoms with E-state index >= 15 is 0 Å². The summed E-state index contributed by atoms with van der Waals surface area (Å²) in [6.07, 6.45) is -0.424. The number of rotatable bonds is 8. The number of aliphatic imine (C=N–C) groups is 1. The summed E-state index contributed by atoms with van der Waals surface area (Å²) < 4.78 is 40.2. The molecule has 1 aromatic carbocycles. The maximum Gasteiger partial charge on any atom is 0.410 e. The highest BCUT2D eigenvalue weighted by Gasteiger charge is 2.19. The van der Waals surface area contributed by atoms with Crippen molar-refractivity contribution >= 4 is 36.0 Å². The van der Waals surface area contributed by atoms with Gasteiger partial charge in [0.05, 0.1) is 7.11 Å². The number of likely N-dealkylation sites (N-methyl/N-ethyl adjacent to an activating group) is 1. The third-order valence-corrected chi connectivity index (χ3v) is 3.60. The van der Waals surface area contributed by atoms with Gasteiger partial charge in [-0.3, -0.25) is 4.99 Å². The second-order valence-electron chi connectivity index (χ2n) is 7.11. The predicted octanol–water partition coefficient (Wildman–Crippen LogP) is 3.45. The lowest BCUT2D eigenvalue weighted by atomic mass is 10.2. The molecule has 0 saturated carbocycles. The van der Waals surface area contributed by atoms with Gasteiger partial charge >= 0.3 is 12.7 Å². The van der Waals surface area contributed by atoms with E-state index in [1.54, 1.807) is 47.0 Å². The Hall–Kier alpha value is -2.05. The van der Waals surface area contributed by atoms with Crippen molar-refractivity contribution in [1.29, 1.82) is 0 Å². The molecule has 2 N–H and O–H groups in total. The Bertz CT molecular complexity index is 700. The van der Waals surface area contributed by atoms with Crippen molar-refractivity contribution < 1.29 is 27.8 Å². The van der Waals surface area contributed by atoms with E-state index in [1.165, 1.54) is 18.1 Å². The van der Waals surface area contributed by atoms with Crippen LogP contribution >= 0.6 is 24.0 Å². The van der Waals surface area contributed by atoms with E-state index in [4.69, 9.17) is 9.47 Å². The van der Waals surface area contributed by atoms with E-state index in [0.29, 0.717) is 30.4 Å². The summed E-state index contributed by atoms with van der Waals surface area (Å²) in [5.74, 6) is 1.01. The highest BCUT2D eigenvalue weighted by molar-refractivity contribution is 14.0. The number of halogens is 3. The van der Waals surface area contributed by atoms with Crippen LogP contribution < -0.4 is 20.1 Å². The first-order chi connectivity index (χ1) is 13.6. The molecule has 0 atom stereocenters. The molecule has 0 radical (unpaired) electrons. The number of carbonyl (C=O) groups excluding carboxylic acids is 1. The van der Waals surface area contributed by atoms with Crippen LogP contribution in [0.25, 0.3) is 0 Å². The quantitative estimate of drug-likeness (QED) is 0.297. The number of guanidine groups is 1. The Labute approximate surface area is 193 Å². The number of carbonyl (C=O) groups is 1. The van der Waals surface area contributed by atoms with Crippen LogP contribution in [-0.2, 0) is 11.3 Å². The zero-order valence-corrected chi connectivity index (χ0v) is 20.5. The van der Waals surface area contributed by atoms with Crippen LogP contribution in [0.1, 0.15) is 26.3 Å². The van der Waals surface area contributed by atoms with Gasteiger partial charge in [0, 0.05) is 39.3 Å². The summed E-state index contributed by atoms with van der Waals surface area (Å²) in [4.78, 5) is 17.5. The molecule has 0 saturated heterocycles. The third-order valence-electron chi connectivity index (χ3n) is 3.60. The number of ether oxygens (including phenoxy) is 3. The number of amides is 1. The first-order valence-corrected chi connectivity index (χ1v) is 9.06. The molecule has 0 heterocycles. The summed E-state index contributed by atoms with van der Waals surface area (Å²) in [6, 6.07) is 4.57. The van der Waals surface area contributed by atoms with Crippen molar-refractivity contribution in [3.63, 3.8) is 0 Å². The largest absolute Gasteiger partial charge is 0.497 e. The number of hydrogen-bond donors (Lipinski definition) is 2. The second kappa shape index (κ2) is 13.3. The zero-order valence-electron chi connectivity index (χ0n) is 18.1. The van der Waals surface area contributed by atoms with Crippen LogP contribution in [0.3, 0.4) is 0 Å². The molecule has 1 aromatic rings. The molecule has 1 amide bonds. The van der Waals surface area contributed by atoms with Gasteiger partial charge in [0.2, 0.25) is 0 Å². The van der Waals surface area contributed by atoms with Gasteiger partial charge in [-0.2, -0.15) is 8.78 Å². The van der Waals surface area contributed by atoms with Crippen molar-refractivity contribution in [2.24, 2.45) is 4.99 Å². The molecule has 0 aliphatic rings. The Morgan fingerprint density at radius 2 is 1.93 bits per heavy atom. The molecule has 0 aliphatic carbocycles. The molecule has 0 bridgehead atoms. The Kier molecular flexibility index (Phi) is 12.4. The van der Waals surface area contributed by atoms with Gasteiger partial charge in [0.25, 0.3) is 0 Å². The first kappa shape index (κ1) is 27.9. The van der Waals surface area contributed by atoms with Crippen molar-refractivity contribution in [1.82, 2.24) is 15.5 Å². The van der Waals surface area contributed by atoms with Crippen molar-refractivity contribution in [3.8, 4) is 11.5 Å². The molecule has 0 unspecified atom stereocenters. The van der Waals surface area contributed by atoms with Crippen molar-refractivity contribution in [2.45, 2.75) is 39.5 Å². The average Bonchev–Trinajstić information content (AvgIpc) is 2.63. The van der Waals surface area contributed by atoms with E-state index < -0.39 is 18.3 Å². The summed E-state index contributed by atoms with van der Waals surface area (Å²) in [5, 5.41) is 6.06. The van der Waals surface area contributed by atoms with Gasteiger partial charge in [0.1, 0.15) is 17.1 Å². The number of nitrogens with zero attached hydrogens (tertiary/aromatic N) is 2. The molecule has 1 rings (SSSR count). The number of hydrogen-bond acceptors (Lipinski definition) is 5. The maximum absolute atomic E-state index is 12.6. The van der Waals surface area contributed by atoms with Crippen LogP contribution in [0.5, 0.6) is 11.5 Å². The van der Waals surface area contributed by atoms with Crippen molar-refractivity contribution in [2.75, 3.05) is 34.3 Å². The number of methoxy groups -OCH3 is 1. The fourth-order valence-electron chi connectivity index (χ4n) is 2.20. The normalized spacial score (nSPS) is 11.4. The first-order valence-electron chi connectivity index (χ1n) is 9.06. The van der Waals surface area contributed by atoms with Crippen LogP contribution in [0, 0.1) is 0 Å². The molecule has 11 heteroatoms. The molecule has 8 nitrogen and oxygen atoms in total. The van der Waals surface area contributed by atoms with Crippen LogP contribution in [-0.4, -0.2) is 63.5 Å². The highest BCUT2D eigenvalue weighted by Crippen LogP contribution is 2.25. The fourth-order valence-corrected chi connectivity index (χ4v) is 2.20. The number of alkyl halides is 2. The minimum atomic E-state index is -2.93. The molecule has 0 fully saturated rings. The lowest BCUT2D eigenvalue weighted by molar-refractivity contribution is -0.0505. The Balaban J connectivity index is 0.00000841. The Morgan fingerprint density at radius 1 is 1.27 bits per heavy atom. The average molecular weight is 544 g/mol. The zero-order chi connectivity index (χ0) is 22.0. The molecular formula is C19H31F2IN4O4. The fraction of sp³-hybridized carbons (Fsp3) is 0.579. The molecule has 0 aromatic heterocycles. The van der Waals surface area contributed by atoms with E-state index in [0.717, 1.165) is 0 Å². The van der Waals surface area contributed by atoms with Crippen molar-refractivity contribution in [3.05, 3.63) is 23.8 Å². The molecule has 0 spiro atoms. The van der Waals surface area contributed by atoms with Gasteiger partial charge in [-0.1, -0.05) is 0 Å². The van der Waals surface area contributed by atoms with E-state index in [9.17, 15) is 13.6 Å². The standard InChI is InChI=1S/C19H30F2N4O4.HI/c1-19(2,3)29-18(26)25(5)10-9-23-17(22-4)24-12-13-11-14(27-6)7-8-15(13)28-16(20)21;/h7-8,11,16H,9-10,12H2,1-6H3,(H2,22,23,24);1H. The van der Waals surface area contributed by atoms with Gasteiger partial charge < -0.3 is 29.7 Å². The molecule has 172 valence electrons. The monoisotopic (exact) mass is 544 g/mol. The van der Waals surface area contributed by atoms with Crippen LogP contribution in [0.15, 0.2) is 23.2 Å². The molecule has 0 aliphatic heterocycles. The summed E-state index contributed by atoms with van der Waals surface area (Å²) >= 11 is 0. The lowest BCUT2D eigenvalue weighted by Crippen LogP contribution is -2.42. The summed E-state index contributed by atoms with van der Waals surface area (Å²) in [5.41, 5.74) is -0.0797. The molecule has 30 heavy (non-hydrogen) atoms. The van der Waals surface area contributed by atoms with Gasteiger partial charge in [0.15, 0.2) is 5.96 Å². The van der Waals surface area contributed by atoms with Crippen LogP contribution in [0.4, 0.5) is 13.6 Å². The SMILES string of the molecule is CN=C(NCCN(C)C(=O)OC(C)(C)C)NCc1cc(OC)ccc1OC(F)F.I. The van der Waals surface area contributed by atoms with Gasteiger partial charge in [-0.15, -0.1) is 24.0 Å². The smallest absolute Gasteiger partial charge is 0.410 e. The third kappa shape index (κ3) is 10.6. The van der Waals surface area contributed by atoms with Crippen LogP contribution in [0.2, 0.25) is 0 Å². The van der Waals surface area contributed by atoms with Gasteiger partial charge in [-0.25, -0.2) is 4.79 Å². The highest BCUT2D eigenvalue weighted by atomic mass is 127. The molecular weight excluding hydrogens is 513 g/mol. The summed E-state index contributed by atoms with van der Waals surface area (Å²) in [7, 11) is 4.70. The number of nitrogens with one attached hydrogen (secondary N) is 2. The minimum absolute atomic E-state index is 0. The van der Waals surface area contributed by atoms with E-state index in [2.05, 4.69) is 20.4 Å². The van der Waals surface area contributed by atoms with E-state index in [1.807, 2.05) is 0 Å². The maximum atomic E-state index is 12.6. The topological polar surface area (TPSA) is 84.4 Å². The Morgan fingerprint density at radius 3 is 2.47 bits per heavy atom. The van der Waals surface area contributed by atoms with Gasteiger partial charge in [-0.05, 0) is 39.0 Å². The minimum Gasteiger partial charge on any atom is -0.497 e. The number of benzene rings is 1. The predicted molar refractivity (Wildman–Crippen MR) is 122 cm³/mol.